The Kier molecular flexibility index (Phi) is 6.98. The molecule has 9 heteroatoms. The Morgan fingerprint density at radius 1 is 1.26 bits per heavy atom. The van der Waals surface area contributed by atoms with Crippen LogP contribution in [0.4, 0.5) is 5.69 Å². The average molecular weight is 395 g/mol. The van der Waals surface area contributed by atoms with E-state index < -0.39 is 16.9 Å². The highest BCUT2D eigenvalue weighted by Crippen LogP contribution is 2.25. The molecule has 0 aromatic heterocycles. The molecule has 2 aromatic rings. The number of nitro benzene ring substituents is 1. The number of nitrogens with zero attached hydrogens (tertiary/aromatic N) is 2. The fraction of sp³-hybridized carbons (Fsp3) is 0.278. The zero-order valence-electron chi connectivity index (χ0n) is 14.8. The second kappa shape index (κ2) is 9.20. The number of aliphatic hydroxyl groups is 1. The number of rotatable bonds is 8. The van der Waals surface area contributed by atoms with E-state index in [-0.39, 0.29) is 29.4 Å². The predicted molar refractivity (Wildman–Crippen MR) is 99.6 cm³/mol. The SMILES string of the molecule is COc1ccc(OCC(O)CN(C)C(=O)c2ccc(Cl)c([N+](=O)[O-])c2)cc1. The topological polar surface area (TPSA) is 102 Å². The van der Waals surface area contributed by atoms with Crippen LogP contribution in [-0.4, -0.2) is 54.3 Å². The molecule has 0 saturated heterocycles. The third kappa shape index (κ3) is 5.57. The van der Waals surface area contributed by atoms with Gasteiger partial charge >= 0.3 is 0 Å². The number of methoxy groups -OCH3 is 1. The molecule has 0 radical (unpaired) electrons. The minimum Gasteiger partial charge on any atom is -0.497 e. The van der Waals surface area contributed by atoms with Crippen LogP contribution in [-0.2, 0) is 0 Å². The minimum absolute atomic E-state index is 0.00852. The van der Waals surface area contributed by atoms with Gasteiger partial charge in [0.15, 0.2) is 0 Å². The lowest BCUT2D eigenvalue weighted by molar-refractivity contribution is -0.384. The van der Waals surface area contributed by atoms with E-state index >= 15 is 0 Å². The molecule has 27 heavy (non-hydrogen) atoms. The Bertz CT molecular complexity index is 812. The van der Waals surface area contributed by atoms with Gasteiger partial charge in [-0.15, -0.1) is 0 Å². The van der Waals surface area contributed by atoms with Crippen LogP contribution in [0.1, 0.15) is 10.4 Å². The van der Waals surface area contributed by atoms with E-state index in [4.69, 9.17) is 21.1 Å². The Hall–Kier alpha value is -2.84. The zero-order chi connectivity index (χ0) is 20.0. The molecule has 0 aliphatic rings. The molecule has 1 atom stereocenters. The summed E-state index contributed by atoms with van der Waals surface area (Å²) < 4.78 is 10.5. The summed E-state index contributed by atoms with van der Waals surface area (Å²) in [5.41, 5.74) is -0.240. The number of benzene rings is 2. The van der Waals surface area contributed by atoms with Crippen molar-refractivity contribution in [1.82, 2.24) is 4.90 Å². The molecule has 0 spiro atoms. The normalized spacial score (nSPS) is 11.6. The lowest BCUT2D eigenvalue weighted by Crippen LogP contribution is -2.37. The maximum atomic E-state index is 12.4. The van der Waals surface area contributed by atoms with Gasteiger partial charge in [0.2, 0.25) is 0 Å². The summed E-state index contributed by atoms with van der Waals surface area (Å²) in [7, 11) is 3.04. The molecule has 0 bridgehead atoms. The van der Waals surface area contributed by atoms with Crippen LogP contribution in [0.2, 0.25) is 5.02 Å². The largest absolute Gasteiger partial charge is 0.497 e. The van der Waals surface area contributed by atoms with Crippen LogP contribution < -0.4 is 9.47 Å². The smallest absolute Gasteiger partial charge is 0.288 e. The van der Waals surface area contributed by atoms with E-state index in [1.54, 1.807) is 31.4 Å². The molecule has 1 N–H and O–H groups in total. The van der Waals surface area contributed by atoms with E-state index in [1.165, 1.54) is 24.1 Å². The van der Waals surface area contributed by atoms with Crippen LogP contribution in [0.15, 0.2) is 42.5 Å². The first-order valence-electron chi connectivity index (χ1n) is 7.96. The molecule has 144 valence electrons. The van der Waals surface area contributed by atoms with Crippen LogP contribution in [0.5, 0.6) is 11.5 Å². The second-order valence-corrected chi connectivity index (χ2v) is 6.16. The number of hydrogen-bond acceptors (Lipinski definition) is 6. The second-order valence-electron chi connectivity index (χ2n) is 5.75. The zero-order valence-corrected chi connectivity index (χ0v) is 15.5. The first-order chi connectivity index (χ1) is 12.8. The number of hydrogen-bond donors (Lipinski definition) is 1. The highest BCUT2D eigenvalue weighted by Gasteiger charge is 2.20. The molecule has 0 aliphatic heterocycles. The molecular formula is C18H19ClN2O6. The van der Waals surface area contributed by atoms with Crippen molar-refractivity contribution in [1.29, 1.82) is 0 Å². The summed E-state index contributed by atoms with van der Waals surface area (Å²) in [6.07, 6.45) is -0.941. The van der Waals surface area contributed by atoms with Gasteiger partial charge in [-0.2, -0.15) is 0 Å². The summed E-state index contributed by atoms with van der Waals surface area (Å²) in [5.74, 6) is 0.765. The lowest BCUT2D eigenvalue weighted by Gasteiger charge is -2.21. The van der Waals surface area contributed by atoms with Gasteiger partial charge < -0.3 is 19.5 Å². The van der Waals surface area contributed by atoms with E-state index in [1.807, 2.05) is 0 Å². The molecule has 8 nitrogen and oxygen atoms in total. The molecule has 2 rings (SSSR count). The van der Waals surface area contributed by atoms with Crippen LogP contribution >= 0.6 is 11.6 Å². The quantitative estimate of drug-likeness (QED) is 0.545. The summed E-state index contributed by atoms with van der Waals surface area (Å²) in [6.45, 7) is -0.0316. The maximum Gasteiger partial charge on any atom is 0.288 e. The van der Waals surface area contributed by atoms with Crippen molar-refractivity contribution in [3.8, 4) is 11.5 Å². The maximum absolute atomic E-state index is 12.4. The molecule has 2 aromatic carbocycles. The molecule has 0 fully saturated rings. The highest BCUT2D eigenvalue weighted by atomic mass is 35.5. The molecule has 1 amide bonds. The van der Waals surface area contributed by atoms with Crippen molar-refractivity contribution in [2.45, 2.75) is 6.10 Å². The van der Waals surface area contributed by atoms with Crippen molar-refractivity contribution in [2.24, 2.45) is 0 Å². The average Bonchev–Trinajstić information content (AvgIpc) is 2.66. The van der Waals surface area contributed by atoms with Gasteiger partial charge in [0.1, 0.15) is 29.2 Å². The predicted octanol–water partition coefficient (Wildman–Crippen LogP) is 2.77. The molecule has 1 unspecified atom stereocenters. The lowest BCUT2D eigenvalue weighted by atomic mass is 10.1. The van der Waals surface area contributed by atoms with Crippen molar-refractivity contribution in [2.75, 3.05) is 27.3 Å². The minimum atomic E-state index is -0.941. The van der Waals surface area contributed by atoms with Crippen LogP contribution in [0.3, 0.4) is 0 Å². The number of aliphatic hydroxyl groups excluding tert-OH is 1. The van der Waals surface area contributed by atoms with Crippen LogP contribution in [0, 0.1) is 10.1 Å². The molecule has 0 aliphatic carbocycles. The third-order valence-electron chi connectivity index (χ3n) is 3.72. The van der Waals surface area contributed by atoms with E-state index in [0.717, 1.165) is 6.07 Å². The van der Waals surface area contributed by atoms with Crippen LogP contribution in [0.25, 0.3) is 0 Å². The third-order valence-corrected chi connectivity index (χ3v) is 4.04. The number of nitro groups is 1. The summed E-state index contributed by atoms with van der Waals surface area (Å²) in [6, 6.07) is 10.7. The van der Waals surface area contributed by atoms with Gasteiger partial charge in [0.25, 0.3) is 11.6 Å². The first-order valence-corrected chi connectivity index (χ1v) is 8.34. The Labute approximate surface area is 161 Å². The monoisotopic (exact) mass is 394 g/mol. The van der Waals surface area contributed by atoms with Crippen molar-refractivity contribution in [3.05, 3.63) is 63.2 Å². The first kappa shape index (κ1) is 20.5. The number of carbonyl (C=O) groups is 1. The number of halogens is 1. The van der Waals surface area contributed by atoms with Gasteiger partial charge in [-0.25, -0.2) is 0 Å². The van der Waals surface area contributed by atoms with Gasteiger partial charge in [0.05, 0.1) is 12.0 Å². The van der Waals surface area contributed by atoms with E-state index in [0.29, 0.717) is 11.5 Å². The fourth-order valence-electron chi connectivity index (χ4n) is 2.32. The molecule has 0 saturated carbocycles. The standard InChI is InChI=1S/C18H19ClN2O6/c1-20(18(23)12-3-8-16(19)17(9-12)21(24)25)10-13(22)11-27-15-6-4-14(26-2)5-7-15/h3-9,13,22H,10-11H2,1-2H3. The van der Waals surface area contributed by atoms with Crippen molar-refractivity contribution < 1.29 is 24.3 Å². The van der Waals surface area contributed by atoms with E-state index in [9.17, 15) is 20.0 Å². The Morgan fingerprint density at radius 2 is 1.89 bits per heavy atom. The molecular weight excluding hydrogens is 376 g/mol. The summed E-state index contributed by atoms with van der Waals surface area (Å²) >= 11 is 5.75. The Morgan fingerprint density at radius 3 is 2.48 bits per heavy atom. The van der Waals surface area contributed by atoms with Crippen molar-refractivity contribution in [3.63, 3.8) is 0 Å². The number of carbonyl (C=O) groups excluding carboxylic acids is 1. The van der Waals surface area contributed by atoms with Gasteiger partial charge in [-0.3, -0.25) is 14.9 Å². The number of ether oxygens (including phenoxy) is 2. The number of amides is 1. The van der Waals surface area contributed by atoms with Gasteiger partial charge in [-0.05, 0) is 36.4 Å². The Balaban J connectivity index is 1.93. The van der Waals surface area contributed by atoms with Gasteiger partial charge in [0, 0.05) is 25.2 Å². The fourth-order valence-corrected chi connectivity index (χ4v) is 2.51. The van der Waals surface area contributed by atoms with E-state index in [2.05, 4.69) is 0 Å². The summed E-state index contributed by atoms with van der Waals surface area (Å²) in [4.78, 5) is 23.9. The summed E-state index contributed by atoms with van der Waals surface area (Å²) in [5, 5.41) is 21.0. The molecule has 0 heterocycles. The number of likely N-dealkylation sites (N-methyl/N-ethyl adjacent to an activating group) is 1. The van der Waals surface area contributed by atoms with Crippen molar-refractivity contribution >= 4 is 23.2 Å². The highest BCUT2D eigenvalue weighted by molar-refractivity contribution is 6.32. The van der Waals surface area contributed by atoms with Gasteiger partial charge in [-0.1, -0.05) is 11.6 Å².